The molecule has 6 heteroatoms. The van der Waals surface area contributed by atoms with Crippen LogP contribution in [0.2, 0.25) is 0 Å². The Kier molecular flexibility index (Phi) is 3.75. The third-order valence-corrected chi connectivity index (χ3v) is 4.37. The van der Waals surface area contributed by atoms with Crippen LogP contribution in [-0.4, -0.2) is 48.7 Å². The van der Waals surface area contributed by atoms with Crippen LogP contribution in [0.3, 0.4) is 0 Å². The smallest absolute Gasteiger partial charge is 0.240 e. The first kappa shape index (κ1) is 14.5. The largest absolute Gasteiger partial charge is 0.338 e. The first-order valence-electron chi connectivity index (χ1n) is 7.62. The summed E-state index contributed by atoms with van der Waals surface area (Å²) in [6.45, 7) is 10.8. The zero-order chi connectivity index (χ0) is 15.0. The van der Waals surface area contributed by atoms with Crippen molar-refractivity contribution in [3.05, 3.63) is 11.8 Å². The first-order valence-corrected chi connectivity index (χ1v) is 7.62. The molecule has 1 aromatic rings. The molecule has 0 bridgehead atoms. The minimum absolute atomic E-state index is 0.0282. The number of hydrogen-bond donors (Lipinski definition) is 2. The number of carbonyl (C=O) groups is 1. The lowest BCUT2D eigenvalue weighted by molar-refractivity contribution is -0.117. The van der Waals surface area contributed by atoms with E-state index in [9.17, 15) is 4.79 Å². The summed E-state index contributed by atoms with van der Waals surface area (Å²) in [5.41, 5.74) is 0.769. The molecule has 2 aliphatic rings. The SMILES string of the molecule is CC(C)(C)c1cc(NC(=O)CN2CC3CNCC3C2)on1. The predicted octanol–water partition coefficient (Wildman–Crippen LogP) is 1.06. The van der Waals surface area contributed by atoms with Crippen molar-refractivity contribution in [2.75, 3.05) is 38.0 Å². The van der Waals surface area contributed by atoms with E-state index < -0.39 is 0 Å². The summed E-state index contributed by atoms with van der Waals surface area (Å²) in [5, 5.41) is 10.2. The van der Waals surface area contributed by atoms with Crippen molar-refractivity contribution in [2.45, 2.75) is 26.2 Å². The maximum Gasteiger partial charge on any atom is 0.240 e. The van der Waals surface area contributed by atoms with Gasteiger partial charge in [0.2, 0.25) is 11.8 Å². The molecule has 3 heterocycles. The second kappa shape index (κ2) is 5.42. The molecule has 6 nitrogen and oxygen atoms in total. The van der Waals surface area contributed by atoms with Gasteiger partial charge in [0.15, 0.2) is 0 Å². The first-order chi connectivity index (χ1) is 9.91. The lowest BCUT2D eigenvalue weighted by Gasteiger charge is -2.15. The van der Waals surface area contributed by atoms with Crippen LogP contribution < -0.4 is 10.6 Å². The maximum absolute atomic E-state index is 12.1. The van der Waals surface area contributed by atoms with Crippen LogP contribution in [0.15, 0.2) is 10.6 Å². The molecule has 0 aliphatic carbocycles. The number of hydrogen-bond acceptors (Lipinski definition) is 5. The quantitative estimate of drug-likeness (QED) is 0.872. The van der Waals surface area contributed by atoms with Crippen molar-refractivity contribution < 1.29 is 9.32 Å². The number of carbonyl (C=O) groups excluding carboxylic acids is 1. The molecular weight excluding hydrogens is 268 g/mol. The van der Waals surface area contributed by atoms with E-state index >= 15 is 0 Å². The minimum Gasteiger partial charge on any atom is -0.338 e. The van der Waals surface area contributed by atoms with Crippen LogP contribution in [0.4, 0.5) is 5.88 Å². The van der Waals surface area contributed by atoms with Gasteiger partial charge < -0.3 is 9.84 Å². The molecule has 3 rings (SSSR count). The van der Waals surface area contributed by atoms with Crippen LogP contribution in [0.1, 0.15) is 26.5 Å². The van der Waals surface area contributed by atoms with Crippen molar-refractivity contribution in [1.82, 2.24) is 15.4 Å². The predicted molar refractivity (Wildman–Crippen MR) is 80.1 cm³/mol. The zero-order valence-electron chi connectivity index (χ0n) is 13.0. The highest BCUT2D eigenvalue weighted by molar-refractivity contribution is 5.91. The van der Waals surface area contributed by atoms with Crippen LogP contribution in [0.25, 0.3) is 0 Å². The van der Waals surface area contributed by atoms with E-state index in [-0.39, 0.29) is 11.3 Å². The lowest BCUT2D eigenvalue weighted by atomic mass is 9.92. The molecule has 2 N–H and O–H groups in total. The average Bonchev–Trinajstić information content (AvgIpc) is 3.02. The molecule has 0 aromatic carbocycles. The third kappa shape index (κ3) is 3.27. The second-order valence-electron chi connectivity index (χ2n) is 7.25. The second-order valence-corrected chi connectivity index (χ2v) is 7.25. The van der Waals surface area contributed by atoms with E-state index in [1.807, 2.05) is 0 Å². The zero-order valence-corrected chi connectivity index (χ0v) is 13.0. The standard InChI is InChI=1S/C15H24N4O2/c1-15(2,3)12-4-14(21-18-12)17-13(20)9-19-7-10-5-16-6-11(10)8-19/h4,10-11,16H,5-9H2,1-3H3,(H,17,20). The molecule has 1 aromatic heterocycles. The van der Waals surface area contributed by atoms with Gasteiger partial charge in [-0.1, -0.05) is 25.9 Å². The average molecular weight is 292 g/mol. The highest BCUT2D eigenvalue weighted by Crippen LogP contribution is 2.26. The van der Waals surface area contributed by atoms with Crippen LogP contribution >= 0.6 is 0 Å². The Morgan fingerprint density at radius 2 is 2.10 bits per heavy atom. The molecule has 2 aliphatic heterocycles. The summed E-state index contributed by atoms with van der Waals surface area (Å²) in [6.07, 6.45) is 0. The van der Waals surface area contributed by atoms with Crippen molar-refractivity contribution in [3.63, 3.8) is 0 Å². The van der Waals surface area contributed by atoms with Crippen LogP contribution in [0, 0.1) is 11.8 Å². The molecule has 0 spiro atoms. The number of aromatic nitrogens is 1. The van der Waals surface area contributed by atoms with E-state index in [1.165, 1.54) is 0 Å². The summed E-state index contributed by atoms with van der Waals surface area (Å²) in [4.78, 5) is 14.3. The highest BCUT2D eigenvalue weighted by atomic mass is 16.5. The topological polar surface area (TPSA) is 70.4 Å². The van der Waals surface area contributed by atoms with Gasteiger partial charge >= 0.3 is 0 Å². The van der Waals surface area contributed by atoms with Gasteiger partial charge in [0, 0.05) is 24.6 Å². The Morgan fingerprint density at radius 3 is 2.67 bits per heavy atom. The number of amides is 1. The van der Waals surface area contributed by atoms with Crippen molar-refractivity contribution in [1.29, 1.82) is 0 Å². The normalized spacial score (nSPS) is 26.0. The van der Waals surface area contributed by atoms with Crippen molar-refractivity contribution >= 4 is 11.8 Å². The fourth-order valence-corrected chi connectivity index (χ4v) is 3.15. The summed E-state index contributed by atoms with van der Waals surface area (Å²) in [5.74, 6) is 1.82. The molecule has 0 radical (unpaired) electrons. The number of rotatable bonds is 3. The van der Waals surface area contributed by atoms with E-state index in [2.05, 4.69) is 41.5 Å². The van der Waals surface area contributed by atoms with Gasteiger partial charge in [-0.25, -0.2) is 0 Å². The van der Waals surface area contributed by atoms with Gasteiger partial charge in [0.05, 0.1) is 12.2 Å². The monoisotopic (exact) mass is 292 g/mol. The Morgan fingerprint density at radius 1 is 1.43 bits per heavy atom. The van der Waals surface area contributed by atoms with Crippen LogP contribution in [-0.2, 0) is 10.2 Å². The molecule has 1 amide bonds. The van der Waals surface area contributed by atoms with Crippen LogP contribution in [0.5, 0.6) is 0 Å². The van der Waals surface area contributed by atoms with E-state index in [1.54, 1.807) is 6.07 Å². The van der Waals surface area contributed by atoms with E-state index in [0.717, 1.165) is 31.9 Å². The number of likely N-dealkylation sites (tertiary alicyclic amines) is 1. The Bertz CT molecular complexity index is 508. The van der Waals surface area contributed by atoms with Gasteiger partial charge in [-0.15, -0.1) is 0 Å². The minimum atomic E-state index is -0.0775. The van der Waals surface area contributed by atoms with Gasteiger partial charge in [-0.2, -0.15) is 0 Å². The summed E-state index contributed by atoms with van der Waals surface area (Å²) < 4.78 is 5.19. The molecule has 21 heavy (non-hydrogen) atoms. The van der Waals surface area contributed by atoms with Gasteiger partial charge in [-0.05, 0) is 24.9 Å². The molecule has 0 saturated carbocycles. The Hall–Kier alpha value is -1.40. The molecular formula is C15H24N4O2. The third-order valence-electron chi connectivity index (χ3n) is 4.37. The van der Waals surface area contributed by atoms with Gasteiger partial charge in [0.1, 0.15) is 0 Å². The molecule has 2 saturated heterocycles. The lowest BCUT2D eigenvalue weighted by Crippen LogP contribution is -2.33. The number of nitrogens with one attached hydrogen (secondary N) is 2. The fourth-order valence-electron chi connectivity index (χ4n) is 3.15. The number of anilines is 1. The summed E-state index contributed by atoms with van der Waals surface area (Å²) >= 11 is 0. The Balaban J connectivity index is 1.51. The fraction of sp³-hybridized carbons (Fsp3) is 0.733. The number of nitrogens with zero attached hydrogens (tertiary/aromatic N) is 2. The molecule has 2 unspecified atom stereocenters. The summed E-state index contributed by atoms with van der Waals surface area (Å²) in [7, 11) is 0. The van der Waals surface area contributed by atoms with Crippen molar-refractivity contribution in [3.8, 4) is 0 Å². The van der Waals surface area contributed by atoms with E-state index in [0.29, 0.717) is 24.3 Å². The molecule has 2 fully saturated rings. The van der Waals surface area contributed by atoms with E-state index in [4.69, 9.17) is 4.52 Å². The molecule has 116 valence electrons. The number of fused-ring (bicyclic) bond motifs is 1. The molecule has 2 atom stereocenters. The van der Waals surface area contributed by atoms with Gasteiger partial charge in [0.25, 0.3) is 0 Å². The highest BCUT2D eigenvalue weighted by Gasteiger charge is 2.36. The Labute approximate surface area is 125 Å². The maximum atomic E-state index is 12.1. The van der Waals surface area contributed by atoms with Gasteiger partial charge in [-0.3, -0.25) is 15.0 Å². The van der Waals surface area contributed by atoms with Crippen molar-refractivity contribution in [2.24, 2.45) is 11.8 Å². The summed E-state index contributed by atoms with van der Waals surface area (Å²) in [6, 6.07) is 1.81.